The topological polar surface area (TPSA) is 64.4 Å². The maximum Gasteiger partial charge on any atom is 0.270 e. The first kappa shape index (κ1) is 11.5. The van der Waals surface area contributed by atoms with E-state index in [1.54, 1.807) is 13.1 Å². The third-order valence-corrected chi connectivity index (χ3v) is 1.92. The molecule has 0 amide bonds. The van der Waals surface area contributed by atoms with Crippen molar-refractivity contribution >= 4 is 5.69 Å². The van der Waals surface area contributed by atoms with Crippen LogP contribution < -0.4 is 10.1 Å². The third-order valence-electron chi connectivity index (χ3n) is 1.92. The summed E-state index contributed by atoms with van der Waals surface area (Å²) in [5, 5.41) is 13.5. The Kier molecular flexibility index (Phi) is 4.05. The minimum Gasteiger partial charge on any atom is -0.494 e. The number of nitro benzene ring substituents is 1. The van der Waals surface area contributed by atoms with Crippen LogP contribution in [0.25, 0.3) is 0 Å². The van der Waals surface area contributed by atoms with Crippen LogP contribution in [-0.2, 0) is 6.54 Å². The lowest BCUT2D eigenvalue weighted by Crippen LogP contribution is -2.08. The Morgan fingerprint density at radius 3 is 2.80 bits per heavy atom. The van der Waals surface area contributed by atoms with Gasteiger partial charge < -0.3 is 10.1 Å². The fraction of sp³-hybridized carbons (Fsp3) is 0.400. The lowest BCUT2D eigenvalue weighted by molar-refractivity contribution is -0.384. The zero-order chi connectivity index (χ0) is 11.3. The predicted molar refractivity (Wildman–Crippen MR) is 57.0 cm³/mol. The molecule has 0 aliphatic carbocycles. The summed E-state index contributed by atoms with van der Waals surface area (Å²) in [5.74, 6) is 0.692. The van der Waals surface area contributed by atoms with Gasteiger partial charge in [-0.15, -0.1) is 0 Å². The molecule has 0 fully saturated rings. The van der Waals surface area contributed by atoms with E-state index in [1.807, 2.05) is 6.92 Å². The van der Waals surface area contributed by atoms with Crippen LogP contribution in [0.5, 0.6) is 5.75 Å². The molecule has 5 nitrogen and oxygen atoms in total. The van der Waals surface area contributed by atoms with Crippen molar-refractivity contribution in [1.82, 2.24) is 5.32 Å². The number of rotatable bonds is 5. The number of hydrogen-bond donors (Lipinski definition) is 1. The van der Waals surface area contributed by atoms with Crippen molar-refractivity contribution in [2.75, 3.05) is 13.7 Å². The molecule has 1 rings (SSSR count). The Morgan fingerprint density at radius 2 is 2.27 bits per heavy atom. The number of ether oxygens (including phenoxy) is 1. The summed E-state index contributed by atoms with van der Waals surface area (Å²) in [6.07, 6.45) is 0. The number of nitro groups is 1. The molecule has 0 aliphatic heterocycles. The molecule has 1 aromatic rings. The van der Waals surface area contributed by atoms with Gasteiger partial charge in [-0.2, -0.15) is 0 Å². The molecule has 1 aromatic carbocycles. The Hall–Kier alpha value is -1.62. The molecule has 15 heavy (non-hydrogen) atoms. The molecule has 0 radical (unpaired) electrons. The molecule has 0 unspecified atom stereocenters. The van der Waals surface area contributed by atoms with E-state index in [4.69, 9.17) is 4.74 Å². The standard InChI is InChI=1S/C10H14N2O3/c1-3-15-10-5-4-9(12(13)14)6-8(10)7-11-2/h4-6,11H,3,7H2,1-2H3. The highest BCUT2D eigenvalue weighted by Crippen LogP contribution is 2.23. The van der Waals surface area contributed by atoms with Gasteiger partial charge in [-0.3, -0.25) is 10.1 Å². The molecule has 0 aliphatic rings. The normalized spacial score (nSPS) is 10.0. The average molecular weight is 210 g/mol. The fourth-order valence-corrected chi connectivity index (χ4v) is 1.30. The van der Waals surface area contributed by atoms with E-state index < -0.39 is 4.92 Å². The van der Waals surface area contributed by atoms with Crippen molar-refractivity contribution in [2.45, 2.75) is 13.5 Å². The van der Waals surface area contributed by atoms with Gasteiger partial charge in [-0.1, -0.05) is 0 Å². The first-order valence-electron chi connectivity index (χ1n) is 4.73. The van der Waals surface area contributed by atoms with Gasteiger partial charge in [0.05, 0.1) is 11.5 Å². The highest BCUT2D eigenvalue weighted by Gasteiger charge is 2.10. The van der Waals surface area contributed by atoms with Gasteiger partial charge in [0.1, 0.15) is 5.75 Å². The van der Waals surface area contributed by atoms with E-state index in [1.165, 1.54) is 12.1 Å². The van der Waals surface area contributed by atoms with Gasteiger partial charge in [0.25, 0.3) is 5.69 Å². The quantitative estimate of drug-likeness (QED) is 0.593. The molecule has 0 saturated carbocycles. The van der Waals surface area contributed by atoms with Crippen molar-refractivity contribution in [3.63, 3.8) is 0 Å². The van der Waals surface area contributed by atoms with Crippen LogP contribution in [0.3, 0.4) is 0 Å². The van der Waals surface area contributed by atoms with E-state index in [0.29, 0.717) is 18.9 Å². The Balaban J connectivity index is 3.02. The second-order valence-corrected chi connectivity index (χ2v) is 3.01. The van der Waals surface area contributed by atoms with E-state index >= 15 is 0 Å². The maximum atomic E-state index is 10.6. The van der Waals surface area contributed by atoms with E-state index in [-0.39, 0.29) is 5.69 Å². The first-order chi connectivity index (χ1) is 7.19. The molecule has 0 aromatic heterocycles. The lowest BCUT2D eigenvalue weighted by atomic mass is 10.2. The van der Waals surface area contributed by atoms with Crippen LogP contribution in [-0.4, -0.2) is 18.6 Å². The SMILES string of the molecule is CCOc1ccc([N+](=O)[O-])cc1CNC. The van der Waals surface area contributed by atoms with E-state index in [0.717, 1.165) is 5.56 Å². The molecule has 0 heterocycles. The number of nitrogens with one attached hydrogen (secondary N) is 1. The number of nitrogens with zero attached hydrogens (tertiary/aromatic N) is 1. The van der Waals surface area contributed by atoms with E-state index in [9.17, 15) is 10.1 Å². The highest BCUT2D eigenvalue weighted by atomic mass is 16.6. The summed E-state index contributed by atoms with van der Waals surface area (Å²) in [5.41, 5.74) is 0.886. The minimum absolute atomic E-state index is 0.0868. The lowest BCUT2D eigenvalue weighted by Gasteiger charge is -2.09. The zero-order valence-corrected chi connectivity index (χ0v) is 8.82. The van der Waals surface area contributed by atoms with Gasteiger partial charge in [0.15, 0.2) is 0 Å². The Bertz CT molecular complexity index is 353. The minimum atomic E-state index is -0.408. The molecular formula is C10H14N2O3. The molecule has 0 atom stereocenters. The highest BCUT2D eigenvalue weighted by molar-refractivity contribution is 5.43. The molecule has 82 valence electrons. The predicted octanol–water partition coefficient (Wildman–Crippen LogP) is 1.71. The summed E-state index contributed by atoms with van der Waals surface area (Å²) in [7, 11) is 1.79. The van der Waals surface area contributed by atoms with Gasteiger partial charge in [0.2, 0.25) is 0 Å². The summed E-state index contributed by atoms with van der Waals surface area (Å²) in [6.45, 7) is 2.98. The molecule has 0 spiro atoms. The smallest absolute Gasteiger partial charge is 0.270 e. The van der Waals surface area contributed by atoms with Crippen molar-refractivity contribution in [1.29, 1.82) is 0 Å². The largest absolute Gasteiger partial charge is 0.494 e. The Morgan fingerprint density at radius 1 is 1.53 bits per heavy atom. The summed E-state index contributed by atoms with van der Waals surface area (Å²) in [6, 6.07) is 4.61. The maximum absolute atomic E-state index is 10.6. The number of benzene rings is 1. The number of hydrogen-bond acceptors (Lipinski definition) is 4. The summed E-state index contributed by atoms with van der Waals surface area (Å²) >= 11 is 0. The van der Waals surface area contributed by atoms with Crippen LogP contribution in [0.4, 0.5) is 5.69 Å². The van der Waals surface area contributed by atoms with Crippen LogP contribution in [0.2, 0.25) is 0 Å². The van der Waals surface area contributed by atoms with Gasteiger partial charge >= 0.3 is 0 Å². The van der Waals surface area contributed by atoms with Gasteiger partial charge in [0, 0.05) is 24.2 Å². The van der Waals surface area contributed by atoms with Crippen LogP contribution in [0, 0.1) is 10.1 Å². The molecule has 5 heteroatoms. The monoisotopic (exact) mass is 210 g/mol. The third kappa shape index (κ3) is 2.92. The Labute approximate surface area is 88.2 Å². The van der Waals surface area contributed by atoms with Crippen LogP contribution in [0.15, 0.2) is 18.2 Å². The van der Waals surface area contributed by atoms with E-state index in [2.05, 4.69) is 5.32 Å². The first-order valence-corrected chi connectivity index (χ1v) is 4.73. The molecule has 0 bridgehead atoms. The van der Waals surface area contributed by atoms with Crippen LogP contribution >= 0.6 is 0 Å². The van der Waals surface area contributed by atoms with Crippen molar-refractivity contribution in [3.8, 4) is 5.75 Å². The van der Waals surface area contributed by atoms with Gasteiger partial charge in [-0.05, 0) is 20.0 Å². The fourth-order valence-electron chi connectivity index (χ4n) is 1.30. The zero-order valence-electron chi connectivity index (χ0n) is 8.82. The van der Waals surface area contributed by atoms with Crippen LogP contribution in [0.1, 0.15) is 12.5 Å². The second kappa shape index (κ2) is 5.31. The molecule has 1 N–H and O–H groups in total. The molecular weight excluding hydrogens is 196 g/mol. The summed E-state index contributed by atoms with van der Waals surface area (Å²) < 4.78 is 5.36. The second-order valence-electron chi connectivity index (χ2n) is 3.01. The van der Waals surface area contributed by atoms with Crippen molar-refractivity contribution < 1.29 is 9.66 Å². The van der Waals surface area contributed by atoms with Gasteiger partial charge in [-0.25, -0.2) is 0 Å². The average Bonchev–Trinajstić information content (AvgIpc) is 2.21. The molecule has 0 saturated heterocycles. The summed E-state index contributed by atoms with van der Waals surface area (Å²) in [4.78, 5) is 10.2. The number of non-ortho nitro benzene ring substituents is 1. The van der Waals surface area contributed by atoms with Crippen molar-refractivity contribution in [2.24, 2.45) is 0 Å². The van der Waals surface area contributed by atoms with Crippen molar-refractivity contribution in [3.05, 3.63) is 33.9 Å².